The molecule has 0 spiro atoms. The third-order valence-electron chi connectivity index (χ3n) is 3.18. The minimum absolute atomic E-state index is 0.392. The Labute approximate surface area is 104 Å². The zero-order valence-corrected chi connectivity index (χ0v) is 11.4. The van der Waals surface area contributed by atoms with Gasteiger partial charge in [-0.15, -0.1) is 0 Å². The van der Waals surface area contributed by atoms with Crippen LogP contribution < -0.4 is 10.1 Å². The first-order valence-electron chi connectivity index (χ1n) is 6.31. The Balaban J connectivity index is 2.80. The van der Waals surface area contributed by atoms with E-state index in [1.54, 1.807) is 6.33 Å². The van der Waals surface area contributed by atoms with Gasteiger partial charge in [0, 0.05) is 6.04 Å². The maximum Gasteiger partial charge on any atom is 0.221 e. The molecule has 4 nitrogen and oxygen atoms in total. The van der Waals surface area contributed by atoms with Gasteiger partial charge in [-0.25, -0.2) is 9.97 Å². The summed E-state index contributed by atoms with van der Waals surface area (Å²) in [6.45, 7) is 11.2. The van der Waals surface area contributed by atoms with Gasteiger partial charge >= 0.3 is 0 Å². The van der Waals surface area contributed by atoms with E-state index in [-0.39, 0.29) is 0 Å². The fourth-order valence-corrected chi connectivity index (χ4v) is 1.57. The van der Waals surface area contributed by atoms with Crippen LogP contribution in [0.1, 0.15) is 39.7 Å². The normalized spacial score (nSPS) is 14.2. The molecule has 0 saturated heterocycles. The third kappa shape index (κ3) is 3.58. The molecule has 0 bridgehead atoms. The summed E-state index contributed by atoms with van der Waals surface area (Å²) < 4.78 is 5.45. The molecule has 96 valence electrons. The van der Waals surface area contributed by atoms with E-state index in [2.05, 4.69) is 36.1 Å². The van der Waals surface area contributed by atoms with E-state index in [0.29, 0.717) is 24.4 Å². The molecule has 0 amide bonds. The zero-order chi connectivity index (χ0) is 12.8. The van der Waals surface area contributed by atoms with Crippen molar-refractivity contribution in [1.82, 2.24) is 9.97 Å². The van der Waals surface area contributed by atoms with Crippen molar-refractivity contribution in [1.29, 1.82) is 0 Å². The summed E-state index contributed by atoms with van der Waals surface area (Å²) in [5.74, 6) is 2.15. The number of nitrogens with zero attached hydrogens (tertiary/aromatic N) is 2. The van der Waals surface area contributed by atoms with Crippen molar-refractivity contribution in [2.75, 3.05) is 11.9 Å². The lowest BCUT2D eigenvalue weighted by Crippen LogP contribution is -2.24. The highest BCUT2D eigenvalue weighted by molar-refractivity contribution is 5.48. The lowest BCUT2D eigenvalue weighted by atomic mass is 10.0. The summed E-state index contributed by atoms with van der Waals surface area (Å²) in [4.78, 5) is 8.40. The molecule has 0 aliphatic rings. The van der Waals surface area contributed by atoms with E-state index < -0.39 is 0 Å². The van der Waals surface area contributed by atoms with E-state index in [1.807, 2.05) is 13.8 Å². The lowest BCUT2D eigenvalue weighted by Gasteiger charge is -2.21. The second kappa shape index (κ2) is 6.42. The van der Waals surface area contributed by atoms with Crippen molar-refractivity contribution in [2.24, 2.45) is 5.92 Å². The molecule has 4 heteroatoms. The van der Waals surface area contributed by atoms with E-state index in [4.69, 9.17) is 4.74 Å². The highest BCUT2D eigenvalue weighted by Crippen LogP contribution is 2.22. The molecule has 0 radical (unpaired) electrons. The molecular formula is C13H23N3O. The van der Waals surface area contributed by atoms with Crippen molar-refractivity contribution < 1.29 is 4.74 Å². The molecular weight excluding hydrogens is 214 g/mol. The highest BCUT2D eigenvalue weighted by Gasteiger charge is 2.13. The van der Waals surface area contributed by atoms with Gasteiger partial charge in [0.1, 0.15) is 12.1 Å². The van der Waals surface area contributed by atoms with Crippen LogP contribution in [0, 0.1) is 12.8 Å². The van der Waals surface area contributed by atoms with Crippen LogP contribution in [0.2, 0.25) is 0 Å². The third-order valence-corrected chi connectivity index (χ3v) is 3.18. The van der Waals surface area contributed by atoms with E-state index in [0.717, 1.165) is 17.8 Å². The van der Waals surface area contributed by atoms with Crippen molar-refractivity contribution in [3.05, 3.63) is 11.9 Å². The Morgan fingerprint density at radius 1 is 1.29 bits per heavy atom. The summed E-state index contributed by atoms with van der Waals surface area (Å²) in [5.41, 5.74) is 0.976. The maximum atomic E-state index is 5.45. The molecule has 0 saturated carbocycles. The molecule has 1 aromatic rings. The van der Waals surface area contributed by atoms with Crippen LogP contribution >= 0.6 is 0 Å². The Morgan fingerprint density at radius 2 is 2.00 bits per heavy atom. The smallest absolute Gasteiger partial charge is 0.221 e. The van der Waals surface area contributed by atoms with Crippen molar-refractivity contribution in [2.45, 2.75) is 47.1 Å². The Kier molecular flexibility index (Phi) is 5.19. The topological polar surface area (TPSA) is 47.0 Å². The molecule has 0 aromatic carbocycles. The monoisotopic (exact) mass is 237 g/mol. The largest absolute Gasteiger partial charge is 0.478 e. The first kappa shape index (κ1) is 13.7. The van der Waals surface area contributed by atoms with Gasteiger partial charge in [0.2, 0.25) is 5.88 Å². The molecule has 1 rings (SSSR count). The van der Waals surface area contributed by atoms with Crippen molar-refractivity contribution >= 4 is 5.82 Å². The van der Waals surface area contributed by atoms with Gasteiger partial charge in [-0.3, -0.25) is 0 Å². The number of anilines is 1. The van der Waals surface area contributed by atoms with Crippen LogP contribution in [0.5, 0.6) is 5.88 Å². The number of ether oxygens (including phenoxy) is 1. The van der Waals surface area contributed by atoms with Crippen LogP contribution in [0.3, 0.4) is 0 Å². The minimum atomic E-state index is 0.392. The van der Waals surface area contributed by atoms with Crippen LogP contribution in [0.25, 0.3) is 0 Å². The van der Waals surface area contributed by atoms with E-state index in [9.17, 15) is 0 Å². The molecule has 1 aromatic heterocycles. The number of hydrogen-bond acceptors (Lipinski definition) is 4. The average Bonchev–Trinajstić information content (AvgIpc) is 2.33. The van der Waals surface area contributed by atoms with Gasteiger partial charge in [-0.2, -0.15) is 0 Å². The molecule has 0 fully saturated rings. The molecule has 0 aliphatic heterocycles. The van der Waals surface area contributed by atoms with Gasteiger partial charge < -0.3 is 10.1 Å². The maximum absolute atomic E-state index is 5.45. The minimum Gasteiger partial charge on any atom is -0.478 e. The number of aromatic nitrogens is 2. The van der Waals surface area contributed by atoms with Crippen LogP contribution in [-0.4, -0.2) is 22.6 Å². The standard InChI is InChI=1S/C13H23N3O/c1-6-9(3)11(5)16-12-10(4)13(17-7-2)15-8-14-12/h8-9,11H,6-7H2,1-5H3,(H,14,15,16). The van der Waals surface area contributed by atoms with Crippen LogP contribution in [-0.2, 0) is 0 Å². The molecule has 2 atom stereocenters. The summed E-state index contributed by atoms with van der Waals surface area (Å²) in [7, 11) is 0. The molecule has 0 aliphatic carbocycles. The van der Waals surface area contributed by atoms with Gasteiger partial charge in [-0.05, 0) is 26.7 Å². The molecule has 2 unspecified atom stereocenters. The Morgan fingerprint density at radius 3 is 2.59 bits per heavy atom. The second-order valence-corrected chi connectivity index (χ2v) is 4.40. The van der Waals surface area contributed by atoms with Gasteiger partial charge in [0.25, 0.3) is 0 Å². The highest BCUT2D eigenvalue weighted by atomic mass is 16.5. The molecule has 1 heterocycles. The van der Waals surface area contributed by atoms with Crippen molar-refractivity contribution in [3.8, 4) is 5.88 Å². The SMILES string of the molecule is CCOc1ncnc(NC(C)C(C)CC)c1C. The van der Waals surface area contributed by atoms with E-state index >= 15 is 0 Å². The Hall–Kier alpha value is -1.32. The number of hydrogen-bond donors (Lipinski definition) is 1. The second-order valence-electron chi connectivity index (χ2n) is 4.40. The quantitative estimate of drug-likeness (QED) is 0.826. The lowest BCUT2D eigenvalue weighted by molar-refractivity contribution is 0.323. The summed E-state index contributed by atoms with van der Waals surface area (Å²) in [6.07, 6.45) is 2.69. The zero-order valence-electron chi connectivity index (χ0n) is 11.4. The van der Waals surface area contributed by atoms with Gasteiger partial charge in [-0.1, -0.05) is 20.3 Å². The van der Waals surface area contributed by atoms with Crippen LogP contribution in [0.15, 0.2) is 6.33 Å². The Bertz CT molecular complexity index is 355. The fourth-order valence-electron chi connectivity index (χ4n) is 1.57. The summed E-state index contributed by atoms with van der Waals surface area (Å²) in [6, 6.07) is 0.392. The van der Waals surface area contributed by atoms with E-state index in [1.165, 1.54) is 0 Å². The fraction of sp³-hybridized carbons (Fsp3) is 0.692. The van der Waals surface area contributed by atoms with Gasteiger partial charge in [0.15, 0.2) is 0 Å². The van der Waals surface area contributed by atoms with Crippen molar-refractivity contribution in [3.63, 3.8) is 0 Å². The first-order valence-corrected chi connectivity index (χ1v) is 6.31. The molecule has 17 heavy (non-hydrogen) atoms. The van der Waals surface area contributed by atoms with Crippen LogP contribution in [0.4, 0.5) is 5.82 Å². The molecule has 1 N–H and O–H groups in total. The number of nitrogens with one attached hydrogen (secondary N) is 1. The first-order chi connectivity index (χ1) is 8.10. The van der Waals surface area contributed by atoms with Gasteiger partial charge in [0.05, 0.1) is 12.2 Å². The summed E-state index contributed by atoms with van der Waals surface area (Å²) in [5, 5.41) is 3.43. The average molecular weight is 237 g/mol. The predicted molar refractivity (Wildman–Crippen MR) is 70.5 cm³/mol. The summed E-state index contributed by atoms with van der Waals surface area (Å²) >= 11 is 0. The number of rotatable bonds is 6. The predicted octanol–water partition coefficient (Wildman–Crippen LogP) is 3.03.